The SMILES string of the molecule is CC1C=C(F)C=C(CN)C1OC1COC1. The van der Waals surface area contributed by atoms with Gasteiger partial charge in [-0.25, -0.2) is 4.39 Å². The van der Waals surface area contributed by atoms with E-state index in [4.69, 9.17) is 15.2 Å². The van der Waals surface area contributed by atoms with Gasteiger partial charge in [-0.05, 0) is 17.7 Å². The van der Waals surface area contributed by atoms with Crippen LogP contribution in [0.5, 0.6) is 0 Å². The molecule has 0 amide bonds. The van der Waals surface area contributed by atoms with E-state index in [9.17, 15) is 4.39 Å². The Labute approximate surface area is 88.7 Å². The fraction of sp³-hybridized carbons (Fsp3) is 0.636. The van der Waals surface area contributed by atoms with Crippen molar-refractivity contribution in [2.75, 3.05) is 19.8 Å². The fourth-order valence-corrected chi connectivity index (χ4v) is 1.87. The highest BCUT2D eigenvalue weighted by molar-refractivity contribution is 5.29. The minimum absolute atomic E-state index is 0.0363. The van der Waals surface area contributed by atoms with Crippen LogP contribution in [0.3, 0.4) is 0 Å². The molecular weight excluding hydrogens is 197 g/mol. The molecule has 15 heavy (non-hydrogen) atoms. The zero-order valence-electron chi connectivity index (χ0n) is 8.78. The highest BCUT2D eigenvalue weighted by atomic mass is 19.1. The summed E-state index contributed by atoms with van der Waals surface area (Å²) in [5.41, 5.74) is 6.41. The number of rotatable bonds is 3. The predicted molar refractivity (Wildman–Crippen MR) is 55.0 cm³/mol. The highest BCUT2D eigenvalue weighted by Gasteiger charge is 2.30. The van der Waals surface area contributed by atoms with Crippen LogP contribution < -0.4 is 5.73 Å². The Morgan fingerprint density at radius 3 is 2.87 bits per heavy atom. The summed E-state index contributed by atoms with van der Waals surface area (Å²) < 4.78 is 24.0. The van der Waals surface area contributed by atoms with E-state index >= 15 is 0 Å². The van der Waals surface area contributed by atoms with Gasteiger partial charge in [0.1, 0.15) is 11.9 Å². The Morgan fingerprint density at radius 1 is 1.60 bits per heavy atom. The number of ether oxygens (including phenoxy) is 2. The molecule has 3 nitrogen and oxygen atoms in total. The fourth-order valence-electron chi connectivity index (χ4n) is 1.87. The van der Waals surface area contributed by atoms with Gasteiger partial charge in [-0.3, -0.25) is 0 Å². The molecule has 1 fully saturated rings. The van der Waals surface area contributed by atoms with Crippen molar-refractivity contribution in [3.63, 3.8) is 0 Å². The van der Waals surface area contributed by atoms with Gasteiger partial charge in [0, 0.05) is 12.5 Å². The molecule has 0 aromatic heterocycles. The molecule has 84 valence electrons. The molecular formula is C11H16FNO2. The number of nitrogens with two attached hydrogens (primary N) is 1. The van der Waals surface area contributed by atoms with Crippen LogP contribution in [-0.2, 0) is 9.47 Å². The van der Waals surface area contributed by atoms with Crippen LogP contribution in [0.2, 0.25) is 0 Å². The zero-order valence-corrected chi connectivity index (χ0v) is 8.78. The van der Waals surface area contributed by atoms with E-state index in [1.807, 2.05) is 6.92 Å². The summed E-state index contributed by atoms with van der Waals surface area (Å²) in [6.45, 7) is 3.54. The maximum absolute atomic E-state index is 13.1. The van der Waals surface area contributed by atoms with Crippen LogP contribution in [0.15, 0.2) is 23.6 Å². The summed E-state index contributed by atoms with van der Waals surface area (Å²) in [6.07, 6.45) is 3.10. The number of halogens is 1. The molecule has 2 atom stereocenters. The Balaban J connectivity index is 2.05. The van der Waals surface area contributed by atoms with Crippen molar-refractivity contribution in [2.24, 2.45) is 11.7 Å². The van der Waals surface area contributed by atoms with Gasteiger partial charge in [-0.1, -0.05) is 6.92 Å². The lowest BCUT2D eigenvalue weighted by Gasteiger charge is -2.34. The molecule has 0 saturated carbocycles. The van der Waals surface area contributed by atoms with Crippen molar-refractivity contribution in [2.45, 2.75) is 19.1 Å². The molecule has 2 rings (SSSR count). The van der Waals surface area contributed by atoms with E-state index in [2.05, 4.69) is 0 Å². The summed E-state index contributed by atoms with van der Waals surface area (Å²) in [6, 6.07) is 0. The second-order valence-electron chi connectivity index (χ2n) is 4.05. The largest absolute Gasteiger partial charge is 0.376 e. The number of allylic oxidation sites excluding steroid dienone is 2. The second kappa shape index (κ2) is 4.43. The average Bonchev–Trinajstić information content (AvgIpc) is 2.12. The lowest BCUT2D eigenvalue weighted by atomic mass is 9.91. The van der Waals surface area contributed by atoms with Crippen LogP contribution in [-0.4, -0.2) is 32.0 Å². The average molecular weight is 213 g/mol. The third-order valence-electron chi connectivity index (χ3n) is 2.77. The van der Waals surface area contributed by atoms with Gasteiger partial charge in [0.25, 0.3) is 0 Å². The molecule has 1 aliphatic carbocycles. The number of hydrogen-bond acceptors (Lipinski definition) is 3. The van der Waals surface area contributed by atoms with Crippen molar-refractivity contribution in [3.8, 4) is 0 Å². The van der Waals surface area contributed by atoms with Gasteiger partial charge in [-0.15, -0.1) is 0 Å². The molecule has 1 aliphatic heterocycles. The predicted octanol–water partition coefficient (Wildman–Crippen LogP) is 1.16. The van der Waals surface area contributed by atoms with E-state index in [0.717, 1.165) is 5.57 Å². The Morgan fingerprint density at radius 2 is 2.33 bits per heavy atom. The summed E-state index contributed by atoms with van der Waals surface area (Å²) in [7, 11) is 0. The lowest BCUT2D eigenvalue weighted by molar-refractivity contribution is -0.153. The van der Waals surface area contributed by atoms with Crippen LogP contribution in [0.1, 0.15) is 6.92 Å². The van der Waals surface area contributed by atoms with E-state index in [-0.39, 0.29) is 24.0 Å². The minimum Gasteiger partial charge on any atom is -0.376 e. The van der Waals surface area contributed by atoms with Gasteiger partial charge >= 0.3 is 0 Å². The molecule has 2 unspecified atom stereocenters. The molecule has 2 N–H and O–H groups in total. The third kappa shape index (κ3) is 2.27. The maximum atomic E-state index is 13.1. The highest BCUT2D eigenvalue weighted by Crippen LogP contribution is 2.27. The first-order chi connectivity index (χ1) is 7.20. The zero-order chi connectivity index (χ0) is 10.8. The standard InChI is InChI=1S/C11H16FNO2/c1-7-2-9(12)3-8(4-13)11(7)15-10-5-14-6-10/h2-3,7,10-11H,4-6,13H2,1H3. The molecule has 1 heterocycles. The van der Waals surface area contributed by atoms with E-state index in [1.54, 1.807) is 6.08 Å². The van der Waals surface area contributed by atoms with Crippen molar-refractivity contribution >= 4 is 0 Å². The van der Waals surface area contributed by atoms with Crippen molar-refractivity contribution < 1.29 is 13.9 Å². The summed E-state index contributed by atoms with van der Waals surface area (Å²) in [5, 5.41) is 0. The monoisotopic (exact) mass is 213 g/mol. The van der Waals surface area contributed by atoms with Gasteiger partial charge in [0.05, 0.1) is 19.3 Å². The van der Waals surface area contributed by atoms with Gasteiger partial charge < -0.3 is 15.2 Å². The molecule has 0 aromatic rings. The summed E-state index contributed by atoms with van der Waals surface area (Å²) in [5.74, 6) is -0.179. The topological polar surface area (TPSA) is 44.5 Å². The second-order valence-corrected chi connectivity index (χ2v) is 4.05. The Bertz CT molecular complexity index is 297. The third-order valence-corrected chi connectivity index (χ3v) is 2.77. The van der Waals surface area contributed by atoms with Crippen molar-refractivity contribution in [1.29, 1.82) is 0 Å². The molecule has 2 aliphatic rings. The molecule has 1 saturated heterocycles. The first-order valence-corrected chi connectivity index (χ1v) is 5.21. The van der Waals surface area contributed by atoms with Crippen LogP contribution >= 0.6 is 0 Å². The van der Waals surface area contributed by atoms with E-state index in [1.165, 1.54) is 6.08 Å². The smallest absolute Gasteiger partial charge is 0.119 e. The van der Waals surface area contributed by atoms with Crippen molar-refractivity contribution in [1.82, 2.24) is 0 Å². The number of hydrogen-bond donors (Lipinski definition) is 1. The normalized spacial score (nSPS) is 31.9. The first kappa shape index (κ1) is 10.8. The van der Waals surface area contributed by atoms with Crippen molar-refractivity contribution in [3.05, 3.63) is 23.6 Å². The molecule has 0 aromatic carbocycles. The molecule has 0 spiro atoms. The maximum Gasteiger partial charge on any atom is 0.119 e. The molecule has 0 bridgehead atoms. The first-order valence-electron chi connectivity index (χ1n) is 5.21. The van der Waals surface area contributed by atoms with Crippen LogP contribution in [0, 0.1) is 5.92 Å². The molecule has 4 heteroatoms. The van der Waals surface area contributed by atoms with Gasteiger partial charge in [-0.2, -0.15) is 0 Å². The molecule has 0 radical (unpaired) electrons. The Kier molecular flexibility index (Phi) is 3.19. The van der Waals surface area contributed by atoms with E-state index in [0.29, 0.717) is 19.8 Å². The van der Waals surface area contributed by atoms with E-state index < -0.39 is 0 Å². The van der Waals surface area contributed by atoms with Crippen LogP contribution in [0.25, 0.3) is 0 Å². The quantitative estimate of drug-likeness (QED) is 0.765. The van der Waals surface area contributed by atoms with Gasteiger partial charge in [0.15, 0.2) is 0 Å². The van der Waals surface area contributed by atoms with Crippen LogP contribution in [0.4, 0.5) is 4.39 Å². The summed E-state index contributed by atoms with van der Waals surface area (Å²) in [4.78, 5) is 0. The Hall–Kier alpha value is -0.710. The minimum atomic E-state index is -0.215. The van der Waals surface area contributed by atoms with Gasteiger partial charge in [0.2, 0.25) is 0 Å². The summed E-state index contributed by atoms with van der Waals surface area (Å²) >= 11 is 0. The lowest BCUT2D eigenvalue weighted by Crippen LogP contribution is -2.42.